The van der Waals surface area contributed by atoms with E-state index in [1.165, 1.54) is 0 Å². The molecule has 2 rings (SSSR count). The number of rotatable bonds is 3. The minimum atomic E-state index is -0.346. The summed E-state index contributed by atoms with van der Waals surface area (Å²) in [4.78, 5) is 20.2. The first kappa shape index (κ1) is 12.3. The second-order valence-corrected chi connectivity index (χ2v) is 5.01. The van der Waals surface area contributed by atoms with Crippen molar-refractivity contribution < 1.29 is 4.79 Å². The SMILES string of the molecule is CC[C@@H](N)C(=O)N1CCN(c2nccs2)CC1. The smallest absolute Gasteiger partial charge is 0.239 e. The van der Waals surface area contributed by atoms with Crippen LogP contribution >= 0.6 is 11.3 Å². The summed E-state index contributed by atoms with van der Waals surface area (Å²) in [7, 11) is 0. The van der Waals surface area contributed by atoms with Crippen LogP contribution in [0.15, 0.2) is 11.6 Å². The lowest BCUT2D eigenvalue weighted by Crippen LogP contribution is -2.53. The first-order valence-electron chi connectivity index (χ1n) is 5.91. The number of carbonyl (C=O) groups is 1. The molecule has 0 radical (unpaired) electrons. The molecule has 1 aromatic heterocycles. The van der Waals surface area contributed by atoms with Gasteiger partial charge in [0.25, 0.3) is 0 Å². The fourth-order valence-corrected chi connectivity index (χ4v) is 2.60. The molecule has 1 aliphatic heterocycles. The van der Waals surface area contributed by atoms with Gasteiger partial charge in [-0.15, -0.1) is 11.3 Å². The van der Waals surface area contributed by atoms with Crippen LogP contribution in [-0.4, -0.2) is 48.0 Å². The van der Waals surface area contributed by atoms with Gasteiger partial charge in [0, 0.05) is 37.8 Å². The second kappa shape index (κ2) is 5.46. The van der Waals surface area contributed by atoms with Gasteiger partial charge in [-0.25, -0.2) is 4.98 Å². The summed E-state index contributed by atoms with van der Waals surface area (Å²) in [6.07, 6.45) is 2.51. The van der Waals surface area contributed by atoms with Crippen molar-refractivity contribution in [1.82, 2.24) is 9.88 Å². The number of hydrogen-bond acceptors (Lipinski definition) is 5. The third kappa shape index (κ3) is 2.76. The fraction of sp³-hybridized carbons (Fsp3) is 0.636. The molecule has 1 amide bonds. The summed E-state index contributed by atoms with van der Waals surface area (Å²) in [5, 5.41) is 3.01. The molecular weight excluding hydrogens is 236 g/mol. The van der Waals surface area contributed by atoms with Crippen LogP contribution in [0.1, 0.15) is 13.3 Å². The van der Waals surface area contributed by atoms with E-state index in [4.69, 9.17) is 5.73 Å². The summed E-state index contributed by atoms with van der Waals surface area (Å²) in [6.45, 7) is 5.11. The van der Waals surface area contributed by atoms with Gasteiger partial charge in [0.15, 0.2) is 5.13 Å². The molecule has 0 unspecified atom stereocenters. The molecule has 1 aromatic rings. The lowest BCUT2D eigenvalue weighted by Gasteiger charge is -2.35. The first-order valence-corrected chi connectivity index (χ1v) is 6.79. The maximum absolute atomic E-state index is 11.9. The molecule has 0 spiro atoms. The molecule has 17 heavy (non-hydrogen) atoms. The van der Waals surface area contributed by atoms with E-state index in [1.54, 1.807) is 11.3 Å². The highest BCUT2D eigenvalue weighted by molar-refractivity contribution is 7.13. The topological polar surface area (TPSA) is 62.5 Å². The van der Waals surface area contributed by atoms with Crippen LogP contribution in [0.2, 0.25) is 0 Å². The largest absolute Gasteiger partial charge is 0.345 e. The quantitative estimate of drug-likeness (QED) is 0.854. The average molecular weight is 254 g/mol. The Kier molecular flexibility index (Phi) is 3.96. The summed E-state index contributed by atoms with van der Waals surface area (Å²) in [6, 6.07) is -0.346. The van der Waals surface area contributed by atoms with Gasteiger partial charge < -0.3 is 15.5 Å². The summed E-state index contributed by atoms with van der Waals surface area (Å²) < 4.78 is 0. The molecule has 5 nitrogen and oxygen atoms in total. The van der Waals surface area contributed by atoms with Crippen LogP contribution < -0.4 is 10.6 Å². The Labute approximate surface area is 105 Å². The van der Waals surface area contributed by atoms with Crippen molar-refractivity contribution in [1.29, 1.82) is 0 Å². The number of carbonyl (C=O) groups excluding carboxylic acids is 1. The van der Waals surface area contributed by atoms with E-state index in [0.717, 1.165) is 31.3 Å². The second-order valence-electron chi connectivity index (χ2n) is 4.14. The number of amides is 1. The third-order valence-electron chi connectivity index (χ3n) is 3.04. The van der Waals surface area contributed by atoms with Gasteiger partial charge >= 0.3 is 0 Å². The zero-order valence-electron chi connectivity index (χ0n) is 10.0. The van der Waals surface area contributed by atoms with Gasteiger partial charge in [-0.1, -0.05) is 6.92 Å². The van der Waals surface area contributed by atoms with E-state index < -0.39 is 0 Å². The molecule has 1 aliphatic rings. The molecule has 0 bridgehead atoms. The van der Waals surface area contributed by atoms with Crippen molar-refractivity contribution in [3.8, 4) is 0 Å². The third-order valence-corrected chi connectivity index (χ3v) is 3.87. The number of nitrogens with two attached hydrogens (primary N) is 1. The molecule has 2 heterocycles. The number of aromatic nitrogens is 1. The van der Waals surface area contributed by atoms with Gasteiger partial charge in [0.2, 0.25) is 5.91 Å². The first-order chi connectivity index (χ1) is 8.22. The number of hydrogen-bond donors (Lipinski definition) is 1. The molecule has 0 aromatic carbocycles. The van der Waals surface area contributed by atoms with Gasteiger partial charge in [0.1, 0.15) is 0 Å². The molecule has 0 aliphatic carbocycles. The van der Waals surface area contributed by atoms with Crippen LogP contribution in [0.4, 0.5) is 5.13 Å². The summed E-state index contributed by atoms with van der Waals surface area (Å²) in [5.41, 5.74) is 5.76. The molecule has 0 saturated carbocycles. The van der Waals surface area contributed by atoms with Crippen LogP contribution in [0.3, 0.4) is 0 Å². The molecule has 6 heteroatoms. The van der Waals surface area contributed by atoms with Crippen molar-refractivity contribution in [2.45, 2.75) is 19.4 Å². The molecule has 94 valence electrons. The fourth-order valence-electron chi connectivity index (χ4n) is 1.90. The van der Waals surface area contributed by atoms with Crippen LogP contribution in [0, 0.1) is 0 Å². The lowest BCUT2D eigenvalue weighted by molar-refractivity contribution is -0.132. The van der Waals surface area contributed by atoms with Crippen molar-refractivity contribution in [2.75, 3.05) is 31.1 Å². The number of nitrogens with zero attached hydrogens (tertiary/aromatic N) is 3. The van der Waals surface area contributed by atoms with Gasteiger partial charge in [0.05, 0.1) is 6.04 Å². The summed E-state index contributed by atoms with van der Waals surface area (Å²) >= 11 is 1.64. The summed E-state index contributed by atoms with van der Waals surface area (Å²) in [5.74, 6) is 0.0753. The molecule has 1 atom stereocenters. The maximum Gasteiger partial charge on any atom is 0.239 e. The van der Waals surface area contributed by atoms with Crippen molar-refractivity contribution in [3.05, 3.63) is 11.6 Å². The Balaban J connectivity index is 1.88. The van der Waals surface area contributed by atoms with Gasteiger partial charge in [-0.05, 0) is 6.42 Å². The van der Waals surface area contributed by atoms with E-state index in [9.17, 15) is 4.79 Å². The lowest BCUT2D eigenvalue weighted by atomic mass is 10.2. The Morgan fingerprint density at radius 2 is 2.24 bits per heavy atom. The van der Waals surface area contributed by atoms with Gasteiger partial charge in [-0.2, -0.15) is 0 Å². The number of thiazole rings is 1. The van der Waals surface area contributed by atoms with Gasteiger partial charge in [-0.3, -0.25) is 4.79 Å². The van der Waals surface area contributed by atoms with Crippen molar-refractivity contribution >= 4 is 22.4 Å². The predicted octanol–water partition coefficient (Wildman–Crippen LogP) is 0.529. The Hall–Kier alpha value is -1.14. The minimum absolute atomic E-state index is 0.0753. The Morgan fingerprint density at radius 1 is 1.53 bits per heavy atom. The van der Waals surface area contributed by atoms with Crippen LogP contribution in [0.5, 0.6) is 0 Å². The normalized spacial score (nSPS) is 18.2. The molecule has 2 N–H and O–H groups in total. The molecular formula is C11H18N4OS. The minimum Gasteiger partial charge on any atom is -0.345 e. The van der Waals surface area contributed by atoms with Crippen LogP contribution in [-0.2, 0) is 4.79 Å². The Morgan fingerprint density at radius 3 is 2.76 bits per heavy atom. The maximum atomic E-state index is 11.9. The van der Waals surface area contributed by atoms with E-state index in [0.29, 0.717) is 6.42 Å². The van der Waals surface area contributed by atoms with E-state index in [2.05, 4.69) is 9.88 Å². The highest BCUT2D eigenvalue weighted by atomic mass is 32.1. The number of anilines is 1. The van der Waals surface area contributed by atoms with Crippen molar-refractivity contribution in [3.63, 3.8) is 0 Å². The van der Waals surface area contributed by atoms with Crippen molar-refractivity contribution in [2.24, 2.45) is 5.73 Å². The highest BCUT2D eigenvalue weighted by Gasteiger charge is 2.24. The van der Waals surface area contributed by atoms with E-state index >= 15 is 0 Å². The van der Waals surface area contributed by atoms with E-state index in [-0.39, 0.29) is 11.9 Å². The monoisotopic (exact) mass is 254 g/mol. The molecule has 1 fully saturated rings. The highest BCUT2D eigenvalue weighted by Crippen LogP contribution is 2.19. The standard InChI is InChI=1S/C11H18N4OS/c1-2-9(12)10(16)14-4-6-15(7-5-14)11-13-3-8-17-11/h3,8-9H,2,4-7,12H2,1H3/t9-/m1/s1. The number of piperazine rings is 1. The van der Waals surface area contributed by atoms with E-state index in [1.807, 2.05) is 23.4 Å². The molecule has 1 saturated heterocycles. The van der Waals surface area contributed by atoms with Crippen LogP contribution in [0.25, 0.3) is 0 Å². The zero-order chi connectivity index (χ0) is 12.3. The average Bonchev–Trinajstić information content (AvgIpc) is 2.91. The predicted molar refractivity (Wildman–Crippen MR) is 69.2 cm³/mol. The zero-order valence-corrected chi connectivity index (χ0v) is 10.8. The Bertz CT molecular complexity index is 360.